The average Bonchev–Trinajstić information content (AvgIpc) is 3.49. The molecule has 1 aliphatic heterocycles. The Morgan fingerprint density at radius 2 is 1.89 bits per heavy atom. The van der Waals surface area contributed by atoms with Crippen LogP contribution in [-0.2, 0) is 20.9 Å². The summed E-state index contributed by atoms with van der Waals surface area (Å²) in [6.07, 6.45) is 1.26. The molecular formula is C41H59N5O7. The lowest BCUT2D eigenvalue weighted by atomic mass is 9.45. The minimum absolute atomic E-state index is 0.0279. The summed E-state index contributed by atoms with van der Waals surface area (Å²) in [5, 5.41) is 21.0. The van der Waals surface area contributed by atoms with E-state index < -0.39 is 30.8 Å². The Hall–Kier alpha value is -4.13. The molecule has 3 saturated carbocycles. The van der Waals surface area contributed by atoms with Gasteiger partial charge in [-0.2, -0.15) is 5.06 Å². The van der Waals surface area contributed by atoms with Crippen LogP contribution in [0.25, 0.3) is 11.1 Å². The van der Waals surface area contributed by atoms with Crippen LogP contribution in [0.1, 0.15) is 69.8 Å². The van der Waals surface area contributed by atoms with Crippen molar-refractivity contribution < 1.29 is 33.8 Å². The minimum Gasteiger partial charge on any atom is -0.496 e. The maximum Gasteiger partial charge on any atom is 0.412 e. The summed E-state index contributed by atoms with van der Waals surface area (Å²) in [7, 11) is 7.00. The van der Waals surface area contributed by atoms with Gasteiger partial charge in [0.05, 0.1) is 26.2 Å². The first-order chi connectivity index (χ1) is 25.1. The molecule has 3 aliphatic carbocycles. The van der Waals surface area contributed by atoms with Crippen molar-refractivity contribution in [1.29, 1.82) is 0 Å². The summed E-state index contributed by atoms with van der Waals surface area (Å²) in [6.45, 7) is 15.2. The van der Waals surface area contributed by atoms with E-state index in [-0.39, 0.29) is 41.5 Å². The van der Waals surface area contributed by atoms with E-state index >= 15 is 0 Å². The summed E-state index contributed by atoms with van der Waals surface area (Å²) in [5.74, 6) is 0.943. The average molecular weight is 734 g/mol. The van der Waals surface area contributed by atoms with Gasteiger partial charge in [0.1, 0.15) is 23.7 Å². The Balaban J connectivity index is 1.48. The lowest BCUT2D eigenvalue weighted by Gasteiger charge is -2.62. The molecular weight excluding hydrogens is 674 g/mol. The Morgan fingerprint density at radius 3 is 2.49 bits per heavy atom. The van der Waals surface area contributed by atoms with Gasteiger partial charge in [0.15, 0.2) is 0 Å². The number of amides is 3. The summed E-state index contributed by atoms with van der Waals surface area (Å²) >= 11 is 0. The third kappa shape index (κ3) is 8.34. The molecule has 53 heavy (non-hydrogen) atoms. The number of aliphatic hydroxyl groups excluding tert-OH is 1. The zero-order valence-corrected chi connectivity index (χ0v) is 32.8. The summed E-state index contributed by atoms with van der Waals surface area (Å²) < 4.78 is 11.7. The molecule has 2 aromatic rings. The third-order valence-corrected chi connectivity index (χ3v) is 11.9. The number of carbonyl (C=O) groups is 3. The Bertz CT molecular complexity index is 1680. The molecule has 1 heterocycles. The molecule has 7 atom stereocenters. The fraction of sp³-hybridized carbons (Fsp3) is 0.585. The number of fused-ring (bicyclic) bond motifs is 2. The molecule has 0 aromatic heterocycles. The van der Waals surface area contributed by atoms with Crippen LogP contribution in [0.15, 0.2) is 48.7 Å². The maximum atomic E-state index is 14.5. The summed E-state index contributed by atoms with van der Waals surface area (Å²) in [4.78, 5) is 48.4. The Morgan fingerprint density at radius 1 is 1.15 bits per heavy atom. The number of nitrogens with one attached hydrogen (secondary N) is 3. The van der Waals surface area contributed by atoms with Crippen LogP contribution in [0.5, 0.6) is 5.75 Å². The standard InChI is InChI=1S/C41H59N5O7/c1-23(2)14-15-43-40(50)52-25(4)35-34(22-47)53-46(36(35)39(49)44-33-20-29-19-32(24(33)3)41(29,5)6)21-26-12-11-13-31(37(26)51-10)27-16-28(38(48)42-7)18-30(17-27)45(8)9/h11-13,16-18,23-24,29,32-36,47H,4,14-15,19-22H2,1-3,5-10H3,(H,42,48)(H,43,50)(H,44,49)/t24-,29+,32-,33-,34-,35+,36-/m0/s1. The molecule has 290 valence electrons. The van der Waals surface area contributed by atoms with Crippen LogP contribution in [0.4, 0.5) is 10.5 Å². The molecule has 2 aromatic carbocycles. The van der Waals surface area contributed by atoms with E-state index in [0.29, 0.717) is 41.2 Å². The monoisotopic (exact) mass is 733 g/mol. The van der Waals surface area contributed by atoms with Crippen LogP contribution in [0.3, 0.4) is 0 Å². The van der Waals surface area contributed by atoms with Gasteiger partial charge in [-0.15, -0.1) is 0 Å². The summed E-state index contributed by atoms with van der Waals surface area (Å²) in [5.41, 5.74) is 3.81. The van der Waals surface area contributed by atoms with Gasteiger partial charge in [0.25, 0.3) is 5.91 Å². The fourth-order valence-electron chi connectivity index (χ4n) is 8.59. The number of hydrogen-bond acceptors (Lipinski definition) is 9. The van der Waals surface area contributed by atoms with E-state index in [4.69, 9.17) is 14.3 Å². The van der Waals surface area contributed by atoms with Crippen molar-refractivity contribution in [2.45, 2.75) is 78.6 Å². The number of carbonyl (C=O) groups excluding carboxylic acids is 3. The van der Waals surface area contributed by atoms with E-state index in [1.807, 2.05) is 55.4 Å². The number of methoxy groups -OCH3 is 1. The van der Waals surface area contributed by atoms with Gasteiger partial charge in [-0.25, -0.2) is 4.79 Å². The van der Waals surface area contributed by atoms with Crippen molar-refractivity contribution in [1.82, 2.24) is 21.0 Å². The van der Waals surface area contributed by atoms with E-state index in [2.05, 4.69) is 57.1 Å². The van der Waals surface area contributed by atoms with Crippen LogP contribution >= 0.6 is 0 Å². The number of nitrogens with zero attached hydrogens (tertiary/aromatic N) is 2. The smallest absolute Gasteiger partial charge is 0.412 e. The third-order valence-electron chi connectivity index (χ3n) is 11.9. The first-order valence-electron chi connectivity index (χ1n) is 18.8. The molecule has 0 spiro atoms. The molecule has 12 heteroatoms. The lowest BCUT2D eigenvalue weighted by molar-refractivity contribution is -0.183. The topological polar surface area (TPSA) is 142 Å². The number of rotatable bonds is 14. The van der Waals surface area contributed by atoms with E-state index in [9.17, 15) is 19.5 Å². The predicted molar refractivity (Wildman–Crippen MR) is 205 cm³/mol. The second kappa shape index (κ2) is 16.5. The van der Waals surface area contributed by atoms with Crippen molar-refractivity contribution in [3.63, 3.8) is 0 Å². The SMILES string of the molecule is C=C(OC(=O)NCCC(C)C)[C@@H]1[C@H](CO)ON(Cc2cccc(-c3cc(C(=O)NC)cc(N(C)C)c3)c2OC)[C@@H]1C(=O)N[C@H]1C[C@H]2C[C@@H]([C@@H]1C)C2(C)C. The molecule has 6 rings (SSSR count). The van der Waals surface area contributed by atoms with Crippen molar-refractivity contribution in [3.05, 3.63) is 59.9 Å². The highest BCUT2D eigenvalue weighted by atomic mass is 16.7. The van der Waals surface area contributed by atoms with Gasteiger partial charge in [0, 0.05) is 56.1 Å². The number of benzene rings is 2. The first kappa shape index (κ1) is 40.1. The minimum atomic E-state index is -0.980. The quantitative estimate of drug-likeness (QED) is 0.189. The predicted octanol–water partition coefficient (Wildman–Crippen LogP) is 5.35. The number of aliphatic hydroxyl groups is 1. The molecule has 4 fully saturated rings. The maximum absolute atomic E-state index is 14.5. The zero-order valence-electron chi connectivity index (χ0n) is 32.8. The van der Waals surface area contributed by atoms with Gasteiger partial charge in [-0.3, -0.25) is 14.4 Å². The highest BCUT2D eigenvalue weighted by Crippen LogP contribution is 2.61. The van der Waals surface area contributed by atoms with Gasteiger partial charge < -0.3 is 35.4 Å². The Kier molecular flexibility index (Phi) is 12.5. The van der Waals surface area contributed by atoms with Crippen molar-refractivity contribution >= 4 is 23.6 Å². The van der Waals surface area contributed by atoms with Gasteiger partial charge in [-0.05, 0) is 72.1 Å². The molecule has 3 amide bonds. The molecule has 2 bridgehead atoms. The molecule has 1 saturated heterocycles. The fourth-order valence-corrected chi connectivity index (χ4v) is 8.59. The number of hydroxylamine groups is 2. The van der Waals surface area contributed by atoms with Crippen LogP contribution < -0.4 is 25.6 Å². The normalized spacial score (nSPS) is 26.0. The molecule has 0 unspecified atom stereocenters. The lowest BCUT2D eigenvalue weighted by Crippen LogP contribution is -2.62. The molecule has 4 aliphatic rings. The van der Waals surface area contributed by atoms with Crippen molar-refractivity contribution in [3.8, 4) is 16.9 Å². The second-order valence-electron chi connectivity index (χ2n) is 16.1. The van der Waals surface area contributed by atoms with E-state index in [0.717, 1.165) is 29.7 Å². The first-order valence-corrected chi connectivity index (χ1v) is 18.8. The van der Waals surface area contributed by atoms with Crippen molar-refractivity contribution in [2.75, 3.05) is 46.3 Å². The molecule has 12 nitrogen and oxygen atoms in total. The van der Waals surface area contributed by atoms with Gasteiger partial charge in [-0.1, -0.05) is 59.4 Å². The highest BCUT2D eigenvalue weighted by Gasteiger charge is 2.57. The number of anilines is 1. The highest BCUT2D eigenvalue weighted by molar-refractivity contribution is 5.97. The van der Waals surface area contributed by atoms with Crippen LogP contribution in [0.2, 0.25) is 0 Å². The van der Waals surface area contributed by atoms with E-state index in [1.54, 1.807) is 19.2 Å². The van der Waals surface area contributed by atoms with E-state index in [1.165, 1.54) is 6.42 Å². The zero-order chi connectivity index (χ0) is 38.8. The largest absolute Gasteiger partial charge is 0.496 e. The van der Waals surface area contributed by atoms with Gasteiger partial charge in [0.2, 0.25) is 5.91 Å². The Labute approximate surface area is 314 Å². The molecule has 4 N–H and O–H groups in total. The van der Waals surface area contributed by atoms with Crippen LogP contribution in [0, 0.1) is 35.0 Å². The second-order valence-corrected chi connectivity index (χ2v) is 16.1. The van der Waals surface area contributed by atoms with Crippen molar-refractivity contribution in [2.24, 2.45) is 35.0 Å². The van der Waals surface area contributed by atoms with Crippen LogP contribution in [-0.4, -0.2) is 87.7 Å². The van der Waals surface area contributed by atoms with Gasteiger partial charge >= 0.3 is 6.09 Å². The number of para-hydroxylation sites is 1. The number of ether oxygens (including phenoxy) is 2. The number of hydrogen-bond donors (Lipinski definition) is 4. The summed E-state index contributed by atoms with van der Waals surface area (Å²) in [6, 6.07) is 10.3. The number of alkyl carbamates (subject to hydrolysis) is 1. The molecule has 0 radical (unpaired) electrons.